The van der Waals surface area contributed by atoms with Crippen molar-refractivity contribution in [3.05, 3.63) is 54.1 Å². The van der Waals surface area contributed by atoms with Crippen molar-refractivity contribution in [1.29, 1.82) is 0 Å². The van der Waals surface area contributed by atoms with Crippen LogP contribution >= 0.6 is 11.8 Å². The minimum atomic E-state index is -0.487. The lowest BCUT2D eigenvalue weighted by atomic mass is 10.2. The normalized spacial score (nSPS) is 17.4. The van der Waals surface area contributed by atoms with Crippen LogP contribution in [0.1, 0.15) is 32.3 Å². The average molecular weight is 426 g/mol. The van der Waals surface area contributed by atoms with E-state index in [4.69, 9.17) is 9.73 Å². The Labute approximate surface area is 181 Å². The highest BCUT2D eigenvalue weighted by molar-refractivity contribution is 8.15. The van der Waals surface area contributed by atoms with Crippen molar-refractivity contribution >= 4 is 40.1 Å². The van der Waals surface area contributed by atoms with E-state index < -0.39 is 5.25 Å². The molecule has 6 nitrogen and oxygen atoms in total. The first-order valence-electron chi connectivity index (χ1n) is 10.2. The van der Waals surface area contributed by atoms with E-state index in [0.717, 1.165) is 17.7 Å². The van der Waals surface area contributed by atoms with E-state index in [0.29, 0.717) is 29.8 Å². The summed E-state index contributed by atoms with van der Waals surface area (Å²) in [4.78, 5) is 31.9. The number of rotatable bonds is 8. The van der Waals surface area contributed by atoms with Crippen LogP contribution in [-0.2, 0) is 9.59 Å². The first-order chi connectivity index (χ1) is 14.5. The summed E-state index contributed by atoms with van der Waals surface area (Å²) in [5.74, 6) is 0.426. The van der Waals surface area contributed by atoms with Gasteiger partial charge in [0, 0.05) is 18.7 Å². The van der Waals surface area contributed by atoms with Crippen LogP contribution in [0.3, 0.4) is 0 Å². The predicted molar refractivity (Wildman–Crippen MR) is 123 cm³/mol. The van der Waals surface area contributed by atoms with Crippen LogP contribution in [0, 0.1) is 6.92 Å². The fourth-order valence-corrected chi connectivity index (χ4v) is 4.34. The van der Waals surface area contributed by atoms with Gasteiger partial charge < -0.3 is 10.1 Å². The van der Waals surface area contributed by atoms with Crippen LogP contribution < -0.4 is 10.1 Å². The number of carbonyl (C=O) groups is 2. The molecule has 1 atom stereocenters. The van der Waals surface area contributed by atoms with Crippen molar-refractivity contribution in [3.63, 3.8) is 0 Å². The first-order valence-corrected chi connectivity index (χ1v) is 11.1. The van der Waals surface area contributed by atoms with Gasteiger partial charge in [-0.05, 0) is 44.0 Å². The van der Waals surface area contributed by atoms with Gasteiger partial charge in [-0.2, -0.15) is 0 Å². The van der Waals surface area contributed by atoms with Crippen LogP contribution in [0.2, 0.25) is 0 Å². The average Bonchev–Trinajstić information content (AvgIpc) is 3.00. The largest absolute Gasteiger partial charge is 0.492 e. The molecule has 2 aromatic carbocycles. The number of amides is 2. The van der Waals surface area contributed by atoms with Crippen molar-refractivity contribution < 1.29 is 14.3 Å². The number of aliphatic imine (C=N–C) groups is 1. The lowest BCUT2D eigenvalue weighted by molar-refractivity contribution is -0.128. The number of para-hydroxylation sites is 3. The molecule has 158 valence electrons. The Morgan fingerprint density at radius 1 is 1.17 bits per heavy atom. The first kappa shape index (κ1) is 21.9. The Hall–Kier alpha value is -2.80. The Kier molecular flexibility index (Phi) is 7.52. The summed E-state index contributed by atoms with van der Waals surface area (Å²) in [6.07, 6.45) is 0.907. The molecule has 1 aliphatic heterocycles. The van der Waals surface area contributed by atoms with Crippen molar-refractivity contribution in [2.24, 2.45) is 4.99 Å². The Balaban J connectivity index is 1.77. The van der Waals surface area contributed by atoms with Crippen LogP contribution in [0.25, 0.3) is 0 Å². The third-order valence-corrected chi connectivity index (χ3v) is 5.81. The molecule has 0 aromatic heterocycles. The van der Waals surface area contributed by atoms with Gasteiger partial charge in [-0.15, -0.1) is 0 Å². The molecule has 3 rings (SSSR count). The summed E-state index contributed by atoms with van der Waals surface area (Å²) in [6.45, 7) is 6.98. The molecule has 0 unspecified atom stereocenters. The highest BCUT2D eigenvalue weighted by atomic mass is 32.2. The van der Waals surface area contributed by atoms with E-state index in [1.165, 1.54) is 11.8 Å². The zero-order chi connectivity index (χ0) is 21.5. The number of nitrogens with one attached hydrogen (secondary N) is 1. The molecule has 0 bridgehead atoms. The second-order valence-electron chi connectivity index (χ2n) is 6.96. The molecule has 1 N–H and O–H groups in total. The zero-order valence-corrected chi connectivity index (χ0v) is 18.4. The quantitative estimate of drug-likeness (QED) is 0.662. The number of nitrogens with zero attached hydrogens (tertiary/aromatic N) is 2. The lowest BCUT2D eigenvalue weighted by Crippen LogP contribution is -2.34. The number of amidine groups is 1. The van der Waals surface area contributed by atoms with Gasteiger partial charge in [-0.25, -0.2) is 4.99 Å². The van der Waals surface area contributed by atoms with Gasteiger partial charge in [-0.1, -0.05) is 49.0 Å². The van der Waals surface area contributed by atoms with Gasteiger partial charge in [0.2, 0.25) is 11.8 Å². The monoisotopic (exact) mass is 425 g/mol. The SMILES string of the molecule is CCCN1C(=O)[C@@H](CC(=O)Nc2ccccc2C)SC1=Nc1ccccc1OCC. The van der Waals surface area contributed by atoms with E-state index >= 15 is 0 Å². The molecular formula is C23H27N3O3S. The summed E-state index contributed by atoms with van der Waals surface area (Å²) in [5.41, 5.74) is 2.43. The number of hydrogen-bond acceptors (Lipinski definition) is 5. The fraction of sp³-hybridized carbons (Fsp3) is 0.348. The van der Waals surface area contributed by atoms with E-state index in [9.17, 15) is 9.59 Å². The molecule has 0 saturated carbocycles. The molecule has 0 radical (unpaired) electrons. The van der Waals surface area contributed by atoms with Crippen LogP contribution in [-0.4, -0.2) is 40.3 Å². The zero-order valence-electron chi connectivity index (χ0n) is 17.6. The number of anilines is 1. The van der Waals surface area contributed by atoms with Crippen LogP contribution in [0.15, 0.2) is 53.5 Å². The van der Waals surface area contributed by atoms with Gasteiger partial charge in [0.05, 0.1) is 6.61 Å². The standard InChI is InChI=1S/C23H27N3O3S/c1-4-14-26-22(28)20(15-21(27)24-17-11-7-6-10-16(17)3)30-23(26)25-18-12-8-9-13-19(18)29-5-2/h6-13,20H,4-5,14-15H2,1-3H3,(H,24,27)/t20-/m1/s1. The maximum atomic E-state index is 13.0. The Bertz CT molecular complexity index is 945. The van der Waals surface area contributed by atoms with E-state index in [-0.39, 0.29) is 18.2 Å². The van der Waals surface area contributed by atoms with Crippen molar-refractivity contribution in [2.75, 3.05) is 18.5 Å². The van der Waals surface area contributed by atoms with Crippen LogP contribution in [0.4, 0.5) is 11.4 Å². The molecular weight excluding hydrogens is 398 g/mol. The topological polar surface area (TPSA) is 71.0 Å². The maximum absolute atomic E-state index is 13.0. The van der Waals surface area contributed by atoms with Gasteiger partial charge >= 0.3 is 0 Å². The summed E-state index contributed by atoms with van der Waals surface area (Å²) < 4.78 is 5.65. The Morgan fingerprint density at radius 3 is 2.63 bits per heavy atom. The second-order valence-corrected chi connectivity index (χ2v) is 8.13. The number of hydrogen-bond donors (Lipinski definition) is 1. The fourth-order valence-electron chi connectivity index (χ4n) is 3.17. The number of thioether (sulfide) groups is 1. The van der Waals surface area contributed by atoms with Crippen molar-refractivity contribution in [3.8, 4) is 5.75 Å². The van der Waals surface area contributed by atoms with Crippen molar-refractivity contribution in [1.82, 2.24) is 4.90 Å². The summed E-state index contributed by atoms with van der Waals surface area (Å²) in [5, 5.41) is 3.04. The number of benzene rings is 2. The summed E-state index contributed by atoms with van der Waals surface area (Å²) >= 11 is 1.34. The lowest BCUT2D eigenvalue weighted by Gasteiger charge is -2.15. The molecule has 1 aliphatic rings. The van der Waals surface area contributed by atoms with Crippen LogP contribution in [0.5, 0.6) is 5.75 Å². The molecule has 7 heteroatoms. The van der Waals surface area contributed by atoms with E-state index in [1.807, 2.05) is 69.3 Å². The Morgan fingerprint density at radius 2 is 1.90 bits per heavy atom. The number of ether oxygens (including phenoxy) is 1. The van der Waals surface area contributed by atoms with Gasteiger partial charge in [0.15, 0.2) is 5.17 Å². The number of aryl methyl sites for hydroxylation is 1. The maximum Gasteiger partial charge on any atom is 0.242 e. The molecule has 2 aromatic rings. The molecule has 1 saturated heterocycles. The predicted octanol–water partition coefficient (Wildman–Crippen LogP) is 4.76. The highest BCUT2D eigenvalue weighted by Crippen LogP contribution is 2.35. The van der Waals surface area contributed by atoms with E-state index in [2.05, 4.69) is 5.32 Å². The third kappa shape index (κ3) is 5.21. The van der Waals surface area contributed by atoms with Gasteiger partial charge in [-0.3, -0.25) is 14.5 Å². The number of carbonyl (C=O) groups excluding carboxylic acids is 2. The van der Waals surface area contributed by atoms with E-state index in [1.54, 1.807) is 4.90 Å². The summed E-state index contributed by atoms with van der Waals surface area (Å²) in [7, 11) is 0. The second kappa shape index (κ2) is 10.3. The smallest absolute Gasteiger partial charge is 0.242 e. The highest BCUT2D eigenvalue weighted by Gasteiger charge is 2.38. The van der Waals surface area contributed by atoms with Gasteiger partial charge in [0.25, 0.3) is 0 Å². The third-order valence-electron chi connectivity index (χ3n) is 4.64. The molecule has 1 heterocycles. The molecule has 30 heavy (non-hydrogen) atoms. The minimum Gasteiger partial charge on any atom is -0.492 e. The minimum absolute atomic E-state index is 0.0746. The molecule has 0 spiro atoms. The van der Waals surface area contributed by atoms with Gasteiger partial charge in [0.1, 0.15) is 16.7 Å². The molecule has 0 aliphatic carbocycles. The summed E-state index contributed by atoms with van der Waals surface area (Å²) in [6, 6.07) is 15.1. The van der Waals surface area contributed by atoms with Crippen molar-refractivity contribution in [2.45, 2.75) is 38.9 Å². The molecule has 2 amide bonds. The molecule has 1 fully saturated rings.